The Kier molecular flexibility index (Phi) is 4.20. The summed E-state index contributed by atoms with van der Waals surface area (Å²) in [5, 5.41) is 0. The summed E-state index contributed by atoms with van der Waals surface area (Å²) in [6, 6.07) is 0. The highest BCUT2D eigenvalue weighted by Crippen LogP contribution is 2.37. The molecule has 0 amide bonds. The zero-order valence-electron chi connectivity index (χ0n) is 8.02. The van der Waals surface area contributed by atoms with E-state index in [0.717, 1.165) is 5.66 Å². The fraction of sp³-hybridized carbons (Fsp3) is 0.778. The van der Waals surface area contributed by atoms with Crippen molar-refractivity contribution in [2.24, 2.45) is 0 Å². The van der Waals surface area contributed by atoms with Crippen LogP contribution in [0.2, 0.25) is 0 Å². The van der Waals surface area contributed by atoms with E-state index in [2.05, 4.69) is 41.0 Å². The molecule has 0 radical (unpaired) electrons. The minimum Gasteiger partial charge on any atom is -0.106 e. The van der Waals surface area contributed by atoms with Crippen LogP contribution in [0.3, 0.4) is 0 Å². The largest absolute Gasteiger partial charge is 0.106 e. The number of hydrogen-bond donors (Lipinski definition) is 0. The van der Waals surface area contributed by atoms with Gasteiger partial charge >= 0.3 is 0 Å². The highest BCUT2D eigenvalue weighted by molar-refractivity contribution is 7.57. The maximum atomic E-state index is 2.34. The van der Waals surface area contributed by atoms with Crippen molar-refractivity contribution < 1.29 is 0 Å². The number of allylic oxidation sites excluding steroid dienone is 2. The van der Waals surface area contributed by atoms with Crippen molar-refractivity contribution in [3.05, 3.63) is 11.1 Å². The van der Waals surface area contributed by atoms with E-state index in [1.165, 1.54) is 5.57 Å². The van der Waals surface area contributed by atoms with Crippen molar-refractivity contribution in [1.29, 1.82) is 0 Å². The third-order valence-electron chi connectivity index (χ3n) is 2.19. The van der Waals surface area contributed by atoms with E-state index < -0.39 is 0 Å². The first-order valence-corrected chi connectivity index (χ1v) is 6.07. The third-order valence-corrected chi connectivity index (χ3v) is 4.13. The molecule has 0 bridgehead atoms. The van der Waals surface area contributed by atoms with E-state index in [1.54, 1.807) is 5.57 Å². The van der Waals surface area contributed by atoms with E-state index in [1.807, 2.05) is 0 Å². The standard InChI is InChI=1S/C9H19P/c1-7(2)8(3)9(4)10(5)6/h9H,1-6H3. The molecule has 0 aliphatic rings. The van der Waals surface area contributed by atoms with Gasteiger partial charge in [0.25, 0.3) is 0 Å². The Morgan fingerprint density at radius 1 is 1.10 bits per heavy atom. The molecule has 60 valence electrons. The summed E-state index contributed by atoms with van der Waals surface area (Å²) < 4.78 is 0. The van der Waals surface area contributed by atoms with E-state index in [-0.39, 0.29) is 7.92 Å². The molecule has 0 aliphatic heterocycles. The molecule has 0 spiro atoms. The average molecular weight is 158 g/mol. The molecule has 0 saturated heterocycles. The van der Waals surface area contributed by atoms with Gasteiger partial charge in [0.2, 0.25) is 0 Å². The monoisotopic (exact) mass is 158 g/mol. The number of rotatable bonds is 2. The van der Waals surface area contributed by atoms with Crippen LogP contribution in [-0.4, -0.2) is 19.0 Å². The predicted molar refractivity (Wildman–Crippen MR) is 52.3 cm³/mol. The summed E-state index contributed by atoms with van der Waals surface area (Å²) in [5.74, 6) is 0. The van der Waals surface area contributed by atoms with Crippen molar-refractivity contribution in [2.45, 2.75) is 33.4 Å². The van der Waals surface area contributed by atoms with Crippen LogP contribution in [0, 0.1) is 0 Å². The van der Waals surface area contributed by atoms with Gasteiger partial charge in [-0.15, -0.1) is 7.92 Å². The summed E-state index contributed by atoms with van der Waals surface area (Å²) in [7, 11) is 0.209. The third kappa shape index (κ3) is 2.84. The topological polar surface area (TPSA) is 0 Å². The Labute approximate surface area is 66.5 Å². The average Bonchev–Trinajstić information content (AvgIpc) is 1.84. The van der Waals surface area contributed by atoms with Crippen LogP contribution in [0.5, 0.6) is 0 Å². The molecular weight excluding hydrogens is 139 g/mol. The zero-order chi connectivity index (χ0) is 8.31. The van der Waals surface area contributed by atoms with Crippen molar-refractivity contribution >= 4 is 7.92 Å². The molecule has 0 rings (SSSR count). The molecule has 10 heavy (non-hydrogen) atoms. The second kappa shape index (κ2) is 4.13. The van der Waals surface area contributed by atoms with Crippen molar-refractivity contribution in [3.8, 4) is 0 Å². The van der Waals surface area contributed by atoms with Gasteiger partial charge in [0, 0.05) is 0 Å². The van der Waals surface area contributed by atoms with Crippen molar-refractivity contribution in [2.75, 3.05) is 13.3 Å². The van der Waals surface area contributed by atoms with Crippen LogP contribution in [0.25, 0.3) is 0 Å². The highest BCUT2D eigenvalue weighted by atomic mass is 31.1. The molecule has 0 N–H and O–H groups in total. The quantitative estimate of drug-likeness (QED) is 0.426. The maximum absolute atomic E-state index is 2.34. The molecule has 1 atom stereocenters. The van der Waals surface area contributed by atoms with Crippen LogP contribution in [-0.2, 0) is 0 Å². The molecule has 0 saturated carbocycles. The minimum atomic E-state index is 0.209. The van der Waals surface area contributed by atoms with E-state index >= 15 is 0 Å². The lowest BCUT2D eigenvalue weighted by molar-refractivity contribution is 1.06. The first kappa shape index (κ1) is 10.2. The fourth-order valence-corrected chi connectivity index (χ4v) is 1.84. The van der Waals surface area contributed by atoms with Crippen molar-refractivity contribution in [3.63, 3.8) is 0 Å². The minimum absolute atomic E-state index is 0.209. The Bertz CT molecular complexity index is 130. The molecule has 0 aliphatic carbocycles. The van der Waals surface area contributed by atoms with Gasteiger partial charge in [-0.1, -0.05) is 18.1 Å². The summed E-state index contributed by atoms with van der Waals surface area (Å²) in [4.78, 5) is 0. The molecular formula is C9H19P. The summed E-state index contributed by atoms with van der Waals surface area (Å²) in [6.07, 6.45) is 0. The lowest BCUT2D eigenvalue weighted by atomic mass is 10.1. The Morgan fingerprint density at radius 3 is 1.60 bits per heavy atom. The van der Waals surface area contributed by atoms with Crippen LogP contribution in [0.4, 0.5) is 0 Å². The zero-order valence-corrected chi connectivity index (χ0v) is 8.92. The van der Waals surface area contributed by atoms with Gasteiger partial charge in [0.05, 0.1) is 0 Å². The van der Waals surface area contributed by atoms with E-state index in [9.17, 15) is 0 Å². The van der Waals surface area contributed by atoms with Crippen molar-refractivity contribution in [1.82, 2.24) is 0 Å². The molecule has 1 unspecified atom stereocenters. The van der Waals surface area contributed by atoms with Crippen LogP contribution < -0.4 is 0 Å². The lowest BCUT2D eigenvalue weighted by Crippen LogP contribution is -2.01. The second-order valence-electron chi connectivity index (χ2n) is 3.32. The highest BCUT2D eigenvalue weighted by Gasteiger charge is 2.08. The SMILES string of the molecule is CC(C)=C(C)C(C)P(C)C. The van der Waals surface area contributed by atoms with E-state index in [4.69, 9.17) is 0 Å². The molecule has 0 nitrogen and oxygen atoms in total. The molecule has 0 aromatic carbocycles. The first-order chi connectivity index (χ1) is 4.46. The van der Waals surface area contributed by atoms with Gasteiger partial charge < -0.3 is 0 Å². The molecule has 0 aromatic rings. The summed E-state index contributed by atoms with van der Waals surface area (Å²) in [6.45, 7) is 13.7. The summed E-state index contributed by atoms with van der Waals surface area (Å²) in [5.41, 5.74) is 3.87. The smallest absolute Gasteiger partial charge is 0.00330 e. The Morgan fingerprint density at radius 2 is 1.50 bits per heavy atom. The van der Waals surface area contributed by atoms with Crippen LogP contribution in [0.15, 0.2) is 11.1 Å². The van der Waals surface area contributed by atoms with Gasteiger partial charge in [-0.05, 0) is 39.8 Å². The Balaban J connectivity index is 4.22. The second-order valence-corrected chi connectivity index (χ2v) is 6.02. The van der Waals surface area contributed by atoms with Gasteiger partial charge in [-0.3, -0.25) is 0 Å². The lowest BCUT2D eigenvalue weighted by Gasteiger charge is -2.18. The molecule has 1 heteroatoms. The molecule has 0 fully saturated rings. The number of hydrogen-bond acceptors (Lipinski definition) is 0. The molecule has 0 aromatic heterocycles. The van der Waals surface area contributed by atoms with E-state index in [0.29, 0.717) is 0 Å². The maximum Gasteiger partial charge on any atom is -0.00330 e. The predicted octanol–water partition coefficient (Wildman–Crippen LogP) is 3.47. The van der Waals surface area contributed by atoms with Crippen LogP contribution in [0.1, 0.15) is 27.7 Å². The van der Waals surface area contributed by atoms with Gasteiger partial charge in [0.1, 0.15) is 0 Å². The molecule has 0 heterocycles. The normalized spacial score (nSPS) is 13.5. The Hall–Kier alpha value is 0.170. The van der Waals surface area contributed by atoms with Gasteiger partial charge in [-0.2, -0.15) is 0 Å². The van der Waals surface area contributed by atoms with Crippen LogP contribution >= 0.6 is 7.92 Å². The summed E-state index contributed by atoms with van der Waals surface area (Å²) >= 11 is 0. The van der Waals surface area contributed by atoms with Gasteiger partial charge in [0.15, 0.2) is 0 Å². The fourth-order valence-electron chi connectivity index (χ4n) is 0.805. The first-order valence-electron chi connectivity index (χ1n) is 3.77. The van der Waals surface area contributed by atoms with Gasteiger partial charge in [-0.25, -0.2) is 0 Å².